The summed E-state index contributed by atoms with van der Waals surface area (Å²) in [5.41, 5.74) is 2.76. The molecular weight excluding hydrogens is 431 g/mol. The number of anilines is 2. The normalized spacial score (nSPS) is 14.0. The first-order valence-corrected chi connectivity index (χ1v) is 12.3. The molecule has 168 valence electrons. The maximum atomic E-state index is 13.4. The number of hydrogen-bond donors (Lipinski definition) is 2. The molecule has 0 bridgehead atoms. The molecule has 0 aliphatic heterocycles. The van der Waals surface area contributed by atoms with E-state index in [9.17, 15) is 4.39 Å². The molecule has 0 spiro atoms. The van der Waals surface area contributed by atoms with E-state index in [1.54, 1.807) is 11.8 Å². The Bertz CT molecular complexity index is 1240. The number of hydrogen-bond acceptors (Lipinski definition) is 5. The Hall–Kier alpha value is -3.12. The molecule has 1 aliphatic carbocycles. The van der Waals surface area contributed by atoms with E-state index in [0.717, 1.165) is 32.1 Å². The molecule has 6 heteroatoms. The van der Waals surface area contributed by atoms with Gasteiger partial charge in [-0.3, -0.25) is 0 Å². The van der Waals surface area contributed by atoms with E-state index in [2.05, 4.69) is 28.8 Å². The minimum atomic E-state index is -0.467. The molecule has 1 heterocycles. The van der Waals surface area contributed by atoms with Gasteiger partial charge in [0.25, 0.3) is 0 Å². The van der Waals surface area contributed by atoms with Crippen LogP contribution in [0.5, 0.6) is 0 Å². The van der Waals surface area contributed by atoms with Gasteiger partial charge in [0.05, 0.1) is 5.52 Å². The first kappa shape index (κ1) is 21.7. The van der Waals surface area contributed by atoms with Crippen LogP contribution in [0.1, 0.15) is 36.8 Å². The summed E-state index contributed by atoms with van der Waals surface area (Å²) in [6, 6.07) is 24.4. The topological polar surface area (TPSA) is 49.8 Å². The van der Waals surface area contributed by atoms with Gasteiger partial charge in [-0.1, -0.05) is 73.1 Å². The summed E-state index contributed by atoms with van der Waals surface area (Å²) in [6.07, 6.45) is 4.91. The van der Waals surface area contributed by atoms with Crippen molar-refractivity contribution in [2.75, 3.05) is 10.6 Å². The van der Waals surface area contributed by atoms with Crippen molar-refractivity contribution in [3.05, 3.63) is 83.9 Å². The second-order valence-corrected chi connectivity index (χ2v) is 9.43. The van der Waals surface area contributed by atoms with Gasteiger partial charge in [0.2, 0.25) is 5.95 Å². The van der Waals surface area contributed by atoms with E-state index in [0.29, 0.717) is 24.1 Å². The molecule has 0 amide bonds. The van der Waals surface area contributed by atoms with Gasteiger partial charge < -0.3 is 10.6 Å². The first-order chi connectivity index (χ1) is 16.3. The largest absolute Gasteiger partial charge is 0.367 e. The fraction of sp³-hybridized carbons (Fsp3) is 0.259. The average molecular weight is 459 g/mol. The Morgan fingerprint density at radius 2 is 1.48 bits per heavy atom. The molecule has 2 N–H and O–H groups in total. The van der Waals surface area contributed by atoms with E-state index in [1.807, 2.05) is 54.6 Å². The zero-order chi connectivity index (χ0) is 22.5. The predicted molar refractivity (Wildman–Crippen MR) is 135 cm³/mol. The smallest absolute Gasteiger partial charge is 0.225 e. The van der Waals surface area contributed by atoms with Crippen LogP contribution in [0.15, 0.2) is 82.6 Å². The van der Waals surface area contributed by atoms with Crippen LogP contribution in [0.25, 0.3) is 10.9 Å². The molecule has 1 aromatic heterocycles. The van der Waals surface area contributed by atoms with Crippen molar-refractivity contribution in [3.63, 3.8) is 0 Å². The van der Waals surface area contributed by atoms with Crippen molar-refractivity contribution in [3.8, 4) is 0 Å². The number of nitrogens with one attached hydrogen (secondary N) is 2. The molecule has 0 unspecified atom stereocenters. The fourth-order valence-electron chi connectivity index (χ4n) is 4.29. The standard InChI is InChI=1S/C27H27FN4S/c28-17-19-9-1-7-15-24(19)33-25-16-8-2-10-20(25)18-29-27-31-23-14-6-5-13-22(23)26(32-27)30-21-11-3-4-12-21/h1-2,5-10,13-16,21H,3-4,11-12,17-18H2,(H2,29,30,31,32). The molecule has 5 rings (SSSR count). The zero-order valence-corrected chi connectivity index (χ0v) is 19.2. The van der Waals surface area contributed by atoms with Crippen LogP contribution >= 0.6 is 11.8 Å². The third kappa shape index (κ3) is 5.11. The molecule has 4 nitrogen and oxygen atoms in total. The number of rotatable bonds is 8. The maximum Gasteiger partial charge on any atom is 0.225 e. The van der Waals surface area contributed by atoms with Gasteiger partial charge in [0.15, 0.2) is 0 Å². The van der Waals surface area contributed by atoms with E-state index >= 15 is 0 Å². The van der Waals surface area contributed by atoms with Gasteiger partial charge in [-0.2, -0.15) is 4.98 Å². The fourth-order valence-corrected chi connectivity index (χ4v) is 5.34. The van der Waals surface area contributed by atoms with Crippen molar-refractivity contribution in [2.45, 2.75) is 54.7 Å². The van der Waals surface area contributed by atoms with Crippen molar-refractivity contribution in [1.29, 1.82) is 0 Å². The third-order valence-electron chi connectivity index (χ3n) is 6.05. The Kier molecular flexibility index (Phi) is 6.72. The number of para-hydroxylation sites is 1. The van der Waals surface area contributed by atoms with E-state index in [1.165, 1.54) is 25.7 Å². The summed E-state index contributed by atoms with van der Waals surface area (Å²) >= 11 is 1.59. The lowest BCUT2D eigenvalue weighted by Crippen LogP contribution is -2.17. The van der Waals surface area contributed by atoms with Crippen molar-refractivity contribution in [2.24, 2.45) is 0 Å². The van der Waals surface area contributed by atoms with Gasteiger partial charge in [0, 0.05) is 27.8 Å². The predicted octanol–water partition coefficient (Wildman–Crippen LogP) is 7.22. The maximum absolute atomic E-state index is 13.4. The van der Waals surface area contributed by atoms with Crippen LogP contribution in [0.4, 0.5) is 16.2 Å². The number of alkyl halides is 1. The summed E-state index contributed by atoms with van der Waals surface area (Å²) in [4.78, 5) is 11.6. The molecule has 1 saturated carbocycles. The minimum absolute atomic E-state index is 0.467. The van der Waals surface area contributed by atoms with Crippen molar-refractivity contribution in [1.82, 2.24) is 9.97 Å². The Morgan fingerprint density at radius 3 is 2.27 bits per heavy atom. The molecule has 0 radical (unpaired) electrons. The third-order valence-corrected chi connectivity index (χ3v) is 7.28. The van der Waals surface area contributed by atoms with Crippen LogP contribution in [0.3, 0.4) is 0 Å². The highest BCUT2D eigenvalue weighted by Crippen LogP contribution is 2.34. The number of halogens is 1. The van der Waals surface area contributed by atoms with E-state index in [4.69, 9.17) is 9.97 Å². The number of aromatic nitrogens is 2. The highest BCUT2D eigenvalue weighted by atomic mass is 32.2. The van der Waals surface area contributed by atoms with Crippen molar-refractivity contribution < 1.29 is 4.39 Å². The average Bonchev–Trinajstić information content (AvgIpc) is 3.37. The summed E-state index contributed by atoms with van der Waals surface area (Å²) < 4.78 is 13.4. The van der Waals surface area contributed by atoms with Gasteiger partial charge in [-0.25, -0.2) is 9.37 Å². The summed E-state index contributed by atoms with van der Waals surface area (Å²) in [6.45, 7) is 0.119. The van der Waals surface area contributed by atoms with Crippen LogP contribution in [-0.4, -0.2) is 16.0 Å². The highest BCUT2D eigenvalue weighted by molar-refractivity contribution is 7.99. The number of benzene rings is 3. The zero-order valence-electron chi connectivity index (χ0n) is 18.4. The molecular formula is C27H27FN4S. The molecule has 0 atom stereocenters. The summed E-state index contributed by atoms with van der Waals surface area (Å²) in [5.74, 6) is 1.51. The molecule has 0 saturated heterocycles. The molecule has 1 aliphatic rings. The lowest BCUT2D eigenvalue weighted by Gasteiger charge is -2.16. The SMILES string of the molecule is FCc1ccccc1Sc1ccccc1CNc1nc(NC2CCCC2)c2ccccc2n1. The second kappa shape index (κ2) is 10.2. The van der Waals surface area contributed by atoms with Gasteiger partial charge in [-0.05, 0) is 48.2 Å². The van der Waals surface area contributed by atoms with E-state index in [-0.39, 0.29) is 0 Å². The van der Waals surface area contributed by atoms with Gasteiger partial charge in [-0.15, -0.1) is 0 Å². The van der Waals surface area contributed by atoms with Gasteiger partial charge >= 0.3 is 0 Å². The van der Waals surface area contributed by atoms with Crippen LogP contribution in [0, 0.1) is 0 Å². The Balaban J connectivity index is 1.38. The highest BCUT2D eigenvalue weighted by Gasteiger charge is 2.17. The minimum Gasteiger partial charge on any atom is -0.367 e. The van der Waals surface area contributed by atoms with Crippen LogP contribution < -0.4 is 10.6 Å². The summed E-state index contributed by atoms with van der Waals surface area (Å²) in [5, 5.41) is 8.12. The molecule has 33 heavy (non-hydrogen) atoms. The van der Waals surface area contributed by atoms with Crippen LogP contribution in [-0.2, 0) is 13.2 Å². The molecule has 1 fully saturated rings. The Labute approximate surface area is 198 Å². The van der Waals surface area contributed by atoms with E-state index < -0.39 is 6.67 Å². The Morgan fingerprint density at radius 1 is 0.818 bits per heavy atom. The summed E-state index contributed by atoms with van der Waals surface area (Å²) in [7, 11) is 0. The van der Waals surface area contributed by atoms with Crippen LogP contribution in [0.2, 0.25) is 0 Å². The van der Waals surface area contributed by atoms with Crippen molar-refractivity contribution >= 4 is 34.4 Å². The quantitative estimate of drug-likeness (QED) is 0.292. The number of fused-ring (bicyclic) bond motifs is 1. The first-order valence-electron chi connectivity index (χ1n) is 11.5. The number of nitrogens with zero attached hydrogens (tertiary/aromatic N) is 2. The molecule has 4 aromatic rings. The van der Waals surface area contributed by atoms with Gasteiger partial charge in [0.1, 0.15) is 12.5 Å². The lowest BCUT2D eigenvalue weighted by molar-refractivity contribution is 0.480. The second-order valence-electron chi connectivity index (χ2n) is 8.34. The molecule has 3 aromatic carbocycles. The monoisotopic (exact) mass is 458 g/mol. The lowest BCUT2D eigenvalue weighted by atomic mass is 10.2.